The summed E-state index contributed by atoms with van der Waals surface area (Å²) in [6.07, 6.45) is 0. The Morgan fingerprint density at radius 1 is 0.871 bits per heavy atom. The van der Waals surface area contributed by atoms with Crippen LogP contribution >= 0.6 is 0 Å². The Morgan fingerprint density at radius 2 is 1.42 bits per heavy atom. The zero-order valence-electron chi connectivity index (χ0n) is 18.1. The molecule has 2 aliphatic rings. The van der Waals surface area contributed by atoms with Gasteiger partial charge >= 0.3 is 0 Å². The van der Waals surface area contributed by atoms with E-state index < -0.39 is 6.04 Å². The van der Waals surface area contributed by atoms with Crippen LogP contribution in [-0.2, 0) is 4.79 Å². The maximum Gasteiger partial charge on any atom is 0.262 e. The molecule has 4 rings (SSSR count). The molecule has 2 heterocycles. The highest BCUT2D eigenvalue weighted by molar-refractivity contribution is 6.22. The van der Waals surface area contributed by atoms with Crippen molar-refractivity contribution in [2.75, 3.05) is 38.2 Å². The summed E-state index contributed by atoms with van der Waals surface area (Å²) in [5, 5.41) is 0. The third-order valence-electron chi connectivity index (χ3n) is 6.01. The summed E-state index contributed by atoms with van der Waals surface area (Å²) in [6.45, 7) is 6.08. The molecule has 2 aromatic rings. The molecule has 162 valence electrons. The van der Waals surface area contributed by atoms with Gasteiger partial charge in [-0.3, -0.25) is 19.3 Å². The number of methoxy groups -OCH3 is 1. The van der Waals surface area contributed by atoms with Gasteiger partial charge in [0.1, 0.15) is 11.8 Å². The van der Waals surface area contributed by atoms with E-state index in [0.717, 1.165) is 16.3 Å². The fourth-order valence-electron chi connectivity index (χ4n) is 4.40. The molecule has 0 N–H and O–H groups in total. The van der Waals surface area contributed by atoms with Crippen LogP contribution in [0.4, 0.5) is 5.69 Å². The molecule has 31 heavy (non-hydrogen) atoms. The molecule has 2 aliphatic heterocycles. The minimum absolute atomic E-state index is 0.177. The number of nitrogens with zero attached hydrogens (tertiary/aromatic N) is 3. The fraction of sp³-hybridized carbons (Fsp3) is 0.375. The lowest BCUT2D eigenvalue weighted by Crippen LogP contribution is -2.57. The maximum atomic E-state index is 13.5. The number of fused-ring (bicyclic) bond motifs is 1. The highest BCUT2D eigenvalue weighted by Crippen LogP contribution is 2.30. The van der Waals surface area contributed by atoms with Crippen LogP contribution in [0.5, 0.6) is 5.75 Å². The Kier molecular flexibility index (Phi) is 5.67. The first-order valence-electron chi connectivity index (χ1n) is 10.6. The van der Waals surface area contributed by atoms with E-state index in [1.54, 1.807) is 36.3 Å². The van der Waals surface area contributed by atoms with Crippen molar-refractivity contribution in [2.24, 2.45) is 5.92 Å². The van der Waals surface area contributed by atoms with Crippen molar-refractivity contribution >= 4 is 23.4 Å². The molecule has 0 aliphatic carbocycles. The first-order valence-corrected chi connectivity index (χ1v) is 10.6. The molecular formula is C24H27N3O4. The average molecular weight is 421 g/mol. The van der Waals surface area contributed by atoms with E-state index in [9.17, 15) is 14.4 Å². The third-order valence-corrected chi connectivity index (χ3v) is 6.01. The second-order valence-corrected chi connectivity index (χ2v) is 8.20. The van der Waals surface area contributed by atoms with E-state index >= 15 is 0 Å². The van der Waals surface area contributed by atoms with Gasteiger partial charge in [0.25, 0.3) is 11.8 Å². The molecular weight excluding hydrogens is 394 g/mol. The summed E-state index contributed by atoms with van der Waals surface area (Å²) in [7, 11) is 1.65. The van der Waals surface area contributed by atoms with E-state index in [1.807, 2.05) is 38.1 Å². The van der Waals surface area contributed by atoms with Gasteiger partial charge in [-0.1, -0.05) is 38.1 Å². The summed E-state index contributed by atoms with van der Waals surface area (Å²) in [5.74, 6) is -0.347. The Bertz CT molecular complexity index is 976. The zero-order chi connectivity index (χ0) is 22.1. The van der Waals surface area contributed by atoms with Crippen molar-refractivity contribution in [1.82, 2.24) is 9.80 Å². The molecule has 0 radical (unpaired) electrons. The largest absolute Gasteiger partial charge is 0.495 e. The van der Waals surface area contributed by atoms with Gasteiger partial charge in [-0.15, -0.1) is 0 Å². The topological polar surface area (TPSA) is 70.2 Å². The van der Waals surface area contributed by atoms with Gasteiger partial charge in [0.15, 0.2) is 0 Å². The van der Waals surface area contributed by atoms with Crippen LogP contribution in [0.25, 0.3) is 0 Å². The van der Waals surface area contributed by atoms with Crippen LogP contribution in [0.3, 0.4) is 0 Å². The predicted octanol–water partition coefficient (Wildman–Crippen LogP) is 2.66. The van der Waals surface area contributed by atoms with Crippen LogP contribution in [0.1, 0.15) is 34.6 Å². The lowest BCUT2D eigenvalue weighted by Gasteiger charge is -2.40. The summed E-state index contributed by atoms with van der Waals surface area (Å²) in [6, 6.07) is 13.8. The molecule has 3 amide bonds. The van der Waals surface area contributed by atoms with Crippen LogP contribution in [-0.4, -0.2) is 66.9 Å². The van der Waals surface area contributed by atoms with Crippen molar-refractivity contribution < 1.29 is 19.1 Å². The van der Waals surface area contributed by atoms with Gasteiger partial charge in [-0.2, -0.15) is 0 Å². The number of anilines is 1. The van der Waals surface area contributed by atoms with Crippen LogP contribution in [0.15, 0.2) is 48.5 Å². The fourth-order valence-corrected chi connectivity index (χ4v) is 4.40. The molecule has 1 unspecified atom stereocenters. The SMILES string of the molecule is COc1ccccc1N1CCN(C(=O)C(C(C)C)N2C(=O)c3ccccc3C2=O)CC1. The quantitative estimate of drug-likeness (QED) is 0.695. The monoisotopic (exact) mass is 421 g/mol. The van der Waals surface area contributed by atoms with Gasteiger partial charge in [0.2, 0.25) is 5.91 Å². The number of hydrogen-bond donors (Lipinski definition) is 0. The number of para-hydroxylation sites is 2. The van der Waals surface area contributed by atoms with E-state index in [1.165, 1.54) is 0 Å². The zero-order valence-corrected chi connectivity index (χ0v) is 18.1. The van der Waals surface area contributed by atoms with Crippen LogP contribution in [0.2, 0.25) is 0 Å². The van der Waals surface area contributed by atoms with Gasteiger partial charge < -0.3 is 14.5 Å². The number of ether oxygens (including phenoxy) is 1. The number of carbonyl (C=O) groups is 3. The number of carbonyl (C=O) groups excluding carboxylic acids is 3. The molecule has 1 saturated heterocycles. The molecule has 7 heteroatoms. The molecule has 7 nitrogen and oxygen atoms in total. The molecule has 1 atom stereocenters. The number of amides is 3. The molecule has 0 bridgehead atoms. The Morgan fingerprint density at radius 3 is 1.97 bits per heavy atom. The Hall–Kier alpha value is -3.35. The maximum absolute atomic E-state index is 13.5. The predicted molar refractivity (Wildman–Crippen MR) is 117 cm³/mol. The van der Waals surface area contributed by atoms with Crippen LogP contribution in [0, 0.1) is 5.92 Å². The Labute approximate surface area is 182 Å². The Balaban J connectivity index is 1.51. The molecule has 2 aromatic carbocycles. The second-order valence-electron chi connectivity index (χ2n) is 8.20. The lowest BCUT2D eigenvalue weighted by molar-refractivity contribution is -0.137. The first-order chi connectivity index (χ1) is 14.9. The lowest BCUT2D eigenvalue weighted by atomic mass is 10.0. The average Bonchev–Trinajstić information content (AvgIpc) is 3.04. The normalized spacial score (nSPS) is 17.2. The van der Waals surface area contributed by atoms with Crippen molar-refractivity contribution in [3.8, 4) is 5.75 Å². The summed E-state index contributed by atoms with van der Waals surface area (Å²) in [4.78, 5) is 44.5. The smallest absolute Gasteiger partial charge is 0.262 e. The van der Waals surface area contributed by atoms with Gasteiger partial charge in [0.05, 0.1) is 23.9 Å². The molecule has 0 aromatic heterocycles. The number of hydrogen-bond acceptors (Lipinski definition) is 5. The van der Waals surface area contributed by atoms with E-state index in [4.69, 9.17) is 4.74 Å². The summed E-state index contributed by atoms with van der Waals surface area (Å²) in [5.41, 5.74) is 1.73. The van der Waals surface area contributed by atoms with Crippen molar-refractivity contribution in [3.63, 3.8) is 0 Å². The van der Waals surface area contributed by atoms with Crippen LogP contribution < -0.4 is 9.64 Å². The van der Waals surface area contributed by atoms with Crippen molar-refractivity contribution in [3.05, 3.63) is 59.7 Å². The summed E-state index contributed by atoms with van der Waals surface area (Å²) < 4.78 is 5.46. The highest BCUT2D eigenvalue weighted by atomic mass is 16.5. The second kappa shape index (κ2) is 8.41. The minimum Gasteiger partial charge on any atom is -0.495 e. The van der Waals surface area contributed by atoms with E-state index in [2.05, 4.69) is 4.90 Å². The number of imide groups is 1. The van der Waals surface area contributed by atoms with Gasteiger partial charge in [-0.05, 0) is 30.2 Å². The number of rotatable bonds is 5. The van der Waals surface area contributed by atoms with Crippen molar-refractivity contribution in [2.45, 2.75) is 19.9 Å². The minimum atomic E-state index is -0.815. The molecule has 1 fully saturated rings. The third kappa shape index (κ3) is 3.65. The highest BCUT2D eigenvalue weighted by Gasteiger charge is 2.45. The van der Waals surface area contributed by atoms with Gasteiger partial charge in [-0.25, -0.2) is 0 Å². The van der Waals surface area contributed by atoms with E-state index in [-0.39, 0.29) is 23.6 Å². The van der Waals surface area contributed by atoms with Gasteiger partial charge in [0, 0.05) is 26.2 Å². The summed E-state index contributed by atoms with van der Waals surface area (Å²) >= 11 is 0. The first kappa shape index (κ1) is 20.9. The number of piperazine rings is 1. The standard InChI is InChI=1S/C24H27N3O4/c1-16(2)21(27-22(28)17-8-4-5-9-18(17)23(27)29)24(30)26-14-12-25(13-15-26)19-10-6-7-11-20(19)31-3/h4-11,16,21H,12-15H2,1-3H3. The molecule has 0 saturated carbocycles. The van der Waals surface area contributed by atoms with Crippen molar-refractivity contribution in [1.29, 1.82) is 0 Å². The number of benzene rings is 2. The molecule has 0 spiro atoms. The van der Waals surface area contributed by atoms with E-state index in [0.29, 0.717) is 37.3 Å².